The van der Waals surface area contributed by atoms with Crippen LogP contribution in [0.15, 0.2) is 75.7 Å². The van der Waals surface area contributed by atoms with Gasteiger partial charge in [0.2, 0.25) is 0 Å². The average molecular weight is 402 g/mol. The van der Waals surface area contributed by atoms with Crippen LogP contribution in [0.5, 0.6) is 0 Å². The lowest BCUT2D eigenvalue weighted by Gasteiger charge is -2.07. The Kier molecular flexibility index (Phi) is 5.03. The predicted molar refractivity (Wildman–Crippen MR) is 99.8 cm³/mol. The van der Waals surface area contributed by atoms with E-state index in [2.05, 4.69) is 26.2 Å². The lowest BCUT2D eigenvalue weighted by molar-refractivity contribution is -0.140. The Morgan fingerprint density at radius 3 is 2.28 bits per heavy atom. The van der Waals surface area contributed by atoms with E-state index in [0.717, 1.165) is 10.2 Å². The molecule has 3 aromatic rings. The SMILES string of the molecule is O=c1c(N=NC2CC(c3ccccc3)NN2)c(C(F)(F)F)[nH]n1-c1ccccc1. The molecule has 1 saturated heterocycles. The van der Waals surface area contributed by atoms with Crippen LogP contribution in [0, 0.1) is 0 Å². The smallest absolute Gasteiger partial charge is 0.284 e. The molecule has 0 radical (unpaired) electrons. The first kappa shape index (κ1) is 19.1. The molecule has 0 bridgehead atoms. The molecule has 1 fully saturated rings. The van der Waals surface area contributed by atoms with Crippen LogP contribution in [0.2, 0.25) is 0 Å². The van der Waals surface area contributed by atoms with Gasteiger partial charge in [-0.05, 0) is 17.7 Å². The monoisotopic (exact) mass is 402 g/mol. The average Bonchev–Trinajstić information content (AvgIpc) is 3.32. The van der Waals surface area contributed by atoms with E-state index in [-0.39, 0.29) is 11.7 Å². The zero-order valence-electron chi connectivity index (χ0n) is 15.0. The van der Waals surface area contributed by atoms with E-state index in [0.29, 0.717) is 6.42 Å². The summed E-state index contributed by atoms with van der Waals surface area (Å²) in [6, 6.07) is 17.5. The number of azo groups is 1. The van der Waals surface area contributed by atoms with Crippen LogP contribution in [-0.4, -0.2) is 15.9 Å². The first-order valence-corrected chi connectivity index (χ1v) is 8.88. The number of H-pyrrole nitrogens is 1. The fourth-order valence-electron chi connectivity index (χ4n) is 3.12. The van der Waals surface area contributed by atoms with Crippen LogP contribution in [0.1, 0.15) is 23.7 Å². The second-order valence-electron chi connectivity index (χ2n) is 6.53. The van der Waals surface area contributed by atoms with Crippen molar-refractivity contribution in [3.8, 4) is 5.69 Å². The molecule has 0 amide bonds. The Morgan fingerprint density at radius 2 is 1.62 bits per heavy atom. The van der Waals surface area contributed by atoms with E-state index in [1.165, 1.54) is 12.1 Å². The van der Waals surface area contributed by atoms with Crippen molar-refractivity contribution >= 4 is 5.69 Å². The van der Waals surface area contributed by atoms with Crippen molar-refractivity contribution in [2.24, 2.45) is 10.2 Å². The van der Waals surface area contributed by atoms with E-state index in [4.69, 9.17) is 0 Å². The molecule has 2 atom stereocenters. The summed E-state index contributed by atoms with van der Waals surface area (Å²) >= 11 is 0. The van der Waals surface area contributed by atoms with E-state index < -0.39 is 29.3 Å². The Bertz CT molecular complexity index is 1060. The fraction of sp³-hybridized carbons (Fsp3) is 0.211. The molecule has 0 spiro atoms. The molecule has 4 rings (SSSR count). The normalized spacial score (nSPS) is 19.8. The van der Waals surface area contributed by atoms with Gasteiger partial charge in [-0.2, -0.15) is 18.3 Å². The quantitative estimate of drug-likeness (QED) is 0.580. The molecule has 2 unspecified atom stereocenters. The zero-order valence-corrected chi connectivity index (χ0v) is 15.0. The lowest BCUT2D eigenvalue weighted by Crippen LogP contribution is -2.29. The molecule has 10 heteroatoms. The maximum Gasteiger partial charge on any atom is 0.435 e. The molecule has 3 N–H and O–H groups in total. The fourth-order valence-corrected chi connectivity index (χ4v) is 3.12. The molecule has 0 aliphatic carbocycles. The number of alkyl halides is 3. The summed E-state index contributed by atoms with van der Waals surface area (Å²) in [5.41, 5.74) is 4.28. The first-order valence-electron chi connectivity index (χ1n) is 8.88. The van der Waals surface area contributed by atoms with Crippen molar-refractivity contribution in [1.29, 1.82) is 0 Å². The van der Waals surface area contributed by atoms with Gasteiger partial charge < -0.3 is 0 Å². The molecular formula is C19H17F3N6O. The third kappa shape index (κ3) is 3.98. The van der Waals surface area contributed by atoms with Crippen LogP contribution >= 0.6 is 0 Å². The summed E-state index contributed by atoms with van der Waals surface area (Å²) in [6.45, 7) is 0. The number of aromatic amines is 1. The predicted octanol–water partition coefficient (Wildman–Crippen LogP) is 3.83. The summed E-state index contributed by atoms with van der Waals surface area (Å²) in [4.78, 5) is 12.6. The lowest BCUT2D eigenvalue weighted by atomic mass is 10.1. The molecular weight excluding hydrogens is 385 g/mol. The zero-order chi connectivity index (χ0) is 20.4. The van der Waals surface area contributed by atoms with Gasteiger partial charge in [0.25, 0.3) is 5.56 Å². The highest BCUT2D eigenvalue weighted by Gasteiger charge is 2.39. The largest absolute Gasteiger partial charge is 0.435 e. The van der Waals surface area contributed by atoms with Crippen LogP contribution in [0.4, 0.5) is 18.9 Å². The van der Waals surface area contributed by atoms with E-state index in [1.807, 2.05) is 30.3 Å². The molecule has 2 heterocycles. The van der Waals surface area contributed by atoms with E-state index in [1.54, 1.807) is 18.2 Å². The van der Waals surface area contributed by atoms with Crippen molar-refractivity contribution in [3.63, 3.8) is 0 Å². The highest BCUT2D eigenvalue weighted by molar-refractivity contribution is 5.44. The third-order valence-corrected chi connectivity index (χ3v) is 4.55. The van der Waals surface area contributed by atoms with Gasteiger partial charge in [0.1, 0.15) is 6.17 Å². The number of para-hydroxylation sites is 1. The third-order valence-electron chi connectivity index (χ3n) is 4.55. The molecule has 29 heavy (non-hydrogen) atoms. The Balaban J connectivity index is 1.61. The molecule has 1 aromatic heterocycles. The summed E-state index contributed by atoms with van der Waals surface area (Å²) in [7, 11) is 0. The van der Waals surface area contributed by atoms with Crippen molar-refractivity contribution in [3.05, 3.63) is 82.3 Å². The molecule has 1 aliphatic rings. The number of nitrogens with one attached hydrogen (secondary N) is 3. The summed E-state index contributed by atoms with van der Waals surface area (Å²) in [6.07, 6.45) is -4.87. The number of benzene rings is 2. The summed E-state index contributed by atoms with van der Waals surface area (Å²) in [5.74, 6) is 0. The number of hydrogen-bond acceptors (Lipinski definition) is 5. The van der Waals surface area contributed by atoms with Crippen molar-refractivity contribution < 1.29 is 13.2 Å². The standard InChI is InChI=1S/C19H17F3N6O/c20-19(21,22)17-16(18(29)28(27-17)13-9-5-2-6-10-13)26-25-15-11-14(23-24-15)12-7-3-1-4-8-12/h1-10,14-15,23-24,27H,11H2. The van der Waals surface area contributed by atoms with Crippen LogP contribution in [-0.2, 0) is 6.18 Å². The van der Waals surface area contributed by atoms with E-state index in [9.17, 15) is 18.0 Å². The van der Waals surface area contributed by atoms with Gasteiger partial charge in [-0.1, -0.05) is 48.5 Å². The van der Waals surface area contributed by atoms with Gasteiger partial charge in [-0.25, -0.2) is 15.5 Å². The molecule has 7 nitrogen and oxygen atoms in total. The molecule has 0 saturated carbocycles. The minimum absolute atomic E-state index is 0.0607. The second-order valence-corrected chi connectivity index (χ2v) is 6.53. The van der Waals surface area contributed by atoms with Crippen molar-refractivity contribution in [2.75, 3.05) is 0 Å². The van der Waals surface area contributed by atoms with Crippen LogP contribution < -0.4 is 16.4 Å². The number of halogens is 3. The maximum atomic E-state index is 13.4. The van der Waals surface area contributed by atoms with Crippen molar-refractivity contribution in [2.45, 2.75) is 24.8 Å². The van der Waals surface area contributed by atoms with E-state index >= 15 is 0 Å². The number of hydrazine groups is 1. The summed E-state index contributed by atoms with van der Waals surface area (Å²) in [5, 5.41) is 9.70. The van der Waals surface area contributed by atoms with Gasteiger partial charge in [0, 0.05) is 12.5 Å². The Labute approximate surface area is 163 Å². The minimum Gasteiger partial charge on any atom is -0.284 e. The highest BCUT2D eigenvalue weighted by Crippen LogP contribution is 2.34. The number of hydrogen-bond donors (Lipinski definition) is 3. The Hall–Kier alpha value is -3.24. The van der Waals surface area contributed by atoms with Crippen LogP contribution in [0.3, 0.4) is 0 Å². The highest BCUT2D eigenvalue weighted by atomic mass is 19.4. The van der Waals surface area contributed by atoms with Gasteiger partial charge in [-0.15, -0.1) is 5.11 Å². The van der Waals surface area contributed by atoms with Gasteiger partial charge >= 0.3 is 6.18 Å². The minimum atomic E-state index is -4.78. The number of aromatic nitrogens is 2. The van der Waals surface area contributed by atoms with Crippen LogP contribution in [0.25, 0.3) is 5.69 Å². The van der Waals surface area contributed by atoms with Gasteiger partial charge in [0.15, 0.2) is 11.4 Å². The van der Waals surface area contributed by atoms with Gasteiger partial charge in [-0.3, -0.25) is 9.89 Å². The first-order chi connectivity index (χ1) is 13.9. The van der Waals surface area contributed by atoms with Crippen molar-refractivity contribution in [1.82, 2.24) is 20.6 Å². The molecule has 150 valence electrons. The number of rotatable bonds is 4. The Morgan fingerprint density at radius 1 is 0.966 bits per heavy atom. The topological polar surface area (TPSA) is 86.6 Å². The second kappa shape index (κ2) is 7.64. The molecule has 2 aromatic carbocycles. The van der Waals surface area contributed by atoms with Gasteiger partial charge in [0.05, 0.1) is 5.69 Å². The summed E-state index contributed by atoms with van der Waals surface area (Å²) < 4.78 is 41.1. The molecule has 1 aliphatic heterocycles. The number of nitrogens with zero attached hydrogens (tertiary/aromatic N) is 3. The maximum absolute atomic E-state index is 13.4.